The zero-order chi connectivity index (χ0) is 14.2. The fourth-order valence-corrected chi connectivity index (χ4v) is 4.47. The van der Waals surface area contributed by atoms with Crippen molar-refractivity contribution >= 4 is 59.4 Å². The number of halogens is 4. The van der Waals surface area contributed by atoms with Gasteiger partial charge in [-0.3, -0.25) is 0 Å². The van der Waals surface area contributed by atoms with Crippen molar-refractivity contribution < 1.29 is 0 Å². The summed E-state index contributed by atoms with van der Waals surface area (Å²) < 4.78 is 2.17. The Kier molecular flexibility index (Phi) is 5.15. The Balaban J connectivity index is 2.49. The highest BCUT2D eigenvalue weighted by Gasteiger charge is 2.17. The molecule has 0 bridgehead atoms. The van der Waals surface area contributed by atoms with Crippen molar-refractivity contribution in [3.8, 4) is 0 Å². The quantitative estimate of drug-likeness (QED) is 0.419. The fourth-order valence-electron chi connectivity index (χ4n) is 1.86. The molecule has 0 aliphatic carbocycles. The maximum absolute atomic E-state index is 6.34. The Morgan fingerprint density at radius 1 is 0.947 bits per heavy atom. The Labute approximate surface area is 143 Å². The molecule has 2 rings (SSSR count). The number of alkyl halides is 1. The number of aryl methyl sites for hydroxylation is 2. The van der Waals surface area contributed by atoms with E-state index in [1.165, 1.54) is 5.56 Å². The molecular weight excluding hydrogens is 455 g/mol. The first-order valence-corrected chi connectivity index (χ1v) is 8.63. The second-order valence-electron chi connectivity index (χ2n) is 4.51. The molecule has 2 aromatic rings. The minimum atomic E-state index is 0.0619. The van der Waals surface area contributed by atoms with E-state index in [0.29, 0.717) is 0 Å². The minimum absolute atomic E-state index is 0.0619. The SMILES string of the molecule is Cc1ccc(C(Br)c2cc(Br)c(C)cc2Br)c(Cl)c1. The van der Waals surface area contributed by atoms with Gasteiger partial charge in [-0.2, -0.15) is 0 Å². The van der Waals surface area contributed by atoms with Crippen LogP contribution in [0, 0.1) is 13.8 Å². The van der Waals surface area contributed by atoms with E-state index in [9.17, 15) is 0 Å². The van der Waals surface area contributed by atoms with E-state index < -0.39 is 0 Å². The summed E-state index contributed by atoms with van der Waals surface area (Å²) >= 11 is 17.3. The van der Waals surface area contributed by atoms with Crippen LogP contribution in [-0.2, 0) is 0 Å². The van der Waals surface area contributed by atoms with E-state index in [-0.39, 0.29) is 4.83 Å². The molecule has 0 aromatic heterocycles. The summed E-state index contributed by atoms with van der Waals surface area (Å²) in [5, 5.41) is 0.783. The molecule has 0 aliphatic rings. The van der Waals surface area contributed by atoms with Gasteiger partial charge in [-0.25, -0.2) is 0 Å². The van der Waals surface area contributed by atoms with Gasteiger partial charge < -0.3 is 0 Å². The first kappa shape index (κ1) is 15.6. The predicted octanol–water partition coefficient (Wildman–Crippen LogP) is 6.97. The lowest BCUT2D eigenvalue weighted by atomic mass is 10.0. The van der Waals surface area contributed by atoms with Gasteiger partial charge in [0.15, 0.2) is 0 Å². The van der Waals surface area contributed by atoms with Gasteiger partial charge in [0.1, 0.15) is 0 Å². The number of hydrogen-bond donors (Lipinski definition) is 0. The molecule has 0 heterocycles. The fraction of sp³-hybridized carbons (Fsp3) is 0.200. The molecule has 0 saturated carbocycles. The Morgan fingerprint density at radius 2 is 1.63 bits per heavy atom. The Morgan fingerprint density at radius 3 is 2.26 bits per heavy atom. The first-order valence-electron chi connectivity index (χ1n) is 5.76. The average molecular weight is 467 g/mol. The Bertz CT molecular complexity index is 623. The second kappa shape index (κ2) is 6.30. The summed E-state index contributed by atoms with van der Waals surface area (Å²) in [5.74, 6) is 0. The molecular formula is C15H12Br3Cl. The lowest BCUT2D eigenvalue weighted by Crippen LogP contribution is -1.97. The molecule has 0 radical (unpaired) electrons. The summed E-state index contributed by atoms with van der Waals surface area (Å²) in [6, 6.07) is 10.4. The molecule has 4 heteroatoms. The van der Waals surface area contributed by atoms with Crippen molar-refractivity contribution in [2.45, 2.75) is 18.7 Å². The molecule has 0 spiro atoms. The molecule has 0 aliphatic heterocycles. The van der Waals surface area contributed by atoms with Gasteiger partial charge in [-0.05, 0) is 54.3 Å². The van der Waals surface area contributed by atoms with Gasteiger partial charge >= 0.3 is 0 Å². The zero-order valence-corrected chi connectivity index (χ0v) is 16.0. The van der Waals surface area contributed by atoms with Gasteiger partial charge in [-0.1, -0.05) is 71.5 Å². The smallest absolute Gasteiger partial charge is 0.0670 e. The predicted molar refractivity (Wildman–Crippen MR) is 93.5 cm³/mol. The van der Waals surface area contributed by atoms with Crippen LogP contribution in [0.4, 0.5) is 0 Å². The van der Waals surface area contributed by atoms with Crippen LogP contribution in [0.25, 0.3) is 0 Å². The van der Waals surface area contributed by atoms with E-state index in [4.69, 9.17) is 11.6 Å². The average Bonchev–Trinajstić information content (AvgIpc) is 2.33. The van der Waals surface area contributed by atoms with Crippen LogP contribution in [0.5, 0.6) is 0 Å². The standard InChI is InChI=1S/C15H12Br3Cl/c1-8-3-4-10(14(19)5-8)15(18)11-7-12(16)9(2)6-13(11)17/h3-7,15H,1-2H3. The topological polar surface area (TPSA) is 0 Å². The molecule has 0 N–H and O–H groups in total. The van der Waals surface area contributed by atoms with Crippen LogP contribution < -0.4 is 0 Å². The highest BCUT2D eigenvalue weighted by molar-refractivity contribution is 9.11. The number of hydrogen-bond acceptors (Lipinski definition) is 0. The second-order valence-corrected chi connectivity index (χ2v) is 7.54. The molecule has 1 unspecified atom stereocenters. The summed E-state index contributed by atoms with van der Waals surface area (Å²) in [4.78, 5) is 0.0619. The van der Waals surface area contributed by atoms with Gasteiger partial charge in [0.05, 0.1) is 4.83 Å². The summed E-state index contributed by atoms with van der Waals surface area (Å²) in [7, 11) is 0. The molecule has 0 amide bonds. The van der Waals surface area contributed by atoms with Crippen LogP contribution in [0.1, 0.15) is 27.1 Å². The van der Waals surface area contributed by atoms with Gasteiger partial charge in [-0.15, -0.1) is 0 Å². The van der Waals surface area contributed by atoms with Crippen molar-refractivity contribution in [1.29, 1.82) is 0 Å². The molecule has 0 nitrogen and oxygen atoms in total. The maximum atomic E-state index is 6.34. The third kappa shape index (κ3) is 3.44. The van der Waals surface area contributed by atoms with Crippen molar-refractivity contribution in [2.24, 2.45) is 0 Å². The zero-order valence-electron chi connectivity index (χ0n) is 10.5. The summed E-state index contributed by atoms with van der Waals surface area (Å²) in [6.07, 6.45) is 0. The van der Waals surface area contributed by atoms with Crippen molar-refractivity contribution in [3.63, 3.8) is 0 Å². The van der Waals surface area contributed by atoms with Crippen molar-refractivity contribution in [2.75, 3.05) is 0 Å². The largest absolute Gasteiger partial charge is 0.0840 e. The lowest BCUT2D eigenvalue weighted by molar-refractivity contribution is 1.15. The molecule has 0 saturated heterocycles. The highest BCUT2D eigenvalue weighted by atomic mass is 79.9. The molecule has 2 aromatic carbocycles. The number of benzene rings is 2. The maximum Gasteiger partial charge on any atom is 0.0670 e. The highest BCUT2D eigenvalue weighted by Crippen LogP contribution is 2.40. The molecule has 0 fully saturated rings. The normalized spacial score (nSPS) is 12.5. The monoisotopic (exact) mass is 464 g/mol. The summed E-state index contributed by atoms with van der Waals surface area (Å²) in [5.41, 5.74) is 4.59. The van der Waals surface area contributed by atoms with Crippen LogP contribution in [-0.4, -0.2) is 0 Å². The van der Waals surface area contributed by atoms with Crippen molar-refractivity contribution in [1.82, 2.24) is 0 Å². The first-order chi connectivity index (χ1) is 8.90. The molecule has 100 valence electrons. The summed E-state index contributed by atoms with van der Waals surface area (Å²) in [6.45, 7) is 4.11. The Hall–Kier alpha value is 0.170. The van der Waals surface area contributed by atoms with E-state index >= 15 is 0 Å². The van der Waals surface area contributed by atoms with Gasteiger partial charge in [0, 0.05) is 14.0 Å². The van der Waals surface area contributed by atoms with E-state index in [1.54, 1.807) is 0 Å². The molecule has 19 heavy (non-hydrogen) atoms. The third-order valence-corrected chi connectivity index (χ3v) is 5.83. The van der Waals surface area contributed by atoms with Crippen LogP contribution in [0.15, 0.2) is 39.3 Å². The van der Waals surface area contributed by atoms with Crippen LogP contribution in [0.2, 0.25) is 5.02 Å². The van der Waals surface area contributed by atoms with E-state index in [1.807, 2.05) is 13.0 Å². The third-order valence-electron chi connectivity index (χ3n) is 2.98. The lowest BCUT2D eigenvalue weighted by Gasteiger charge is -2.16. The number of rotatable bonds is 2. The van der Waals surface area contributed by atoms with E-state index in [0.717, 1.165) is 30.7 Å². The van der Waals surface area contributed by atoms with E-state index in [2.05, 4.69) is 79.0 Å². The van der Waals surface area contributed by atoms with Crippen molar-refractivity contribution in [3.05, 3.63) is 66.6 Å². The van der Waals surface area contributed by atoms with Gasteiger partial charge in [0.25, 0.3) is 0 Å². The van der Waals surface area contributed by atoms with Gasteiger partial charge in [0.2, 0.25) is 0 Å². The van der Waals surface area contributed by atoms with Crippen LogP contribution >= 0.6 is 59.4 Å². The minimum Gasteiger partial charge on any atom is -0.0840 e. The molecule has 1 atom stereocenters. The van der Waals surface area contributed by atoms with Crippen LogP contribution in [0.3, 0.4) is 0 Å².